The monoisotopic (exact) mass is 233 g/mol. The predicted octanol–water partition coefficient (Wildman–Crippen LogP) is 3.44. The molecule has 0 aliphatic rings. The Morgan fingerprint density at radius 1 is 1.18 bits per heavy atom. The molecule has 1 amide bonds. The summed E-state index contributed by atoms with van der Waals surface area (Å²) in [5.74, 6) is 0.139. The second kappa shape index (κ2) is 5.85. The van der Waals surface area contributed by atoms with Gasteiger partial charge in [0, 0.05) is 13.0 Å². The smallest absolute Gasteiger partial charge is 0.220 e. The molecule has 0 unspecified atom stereocenters. The summed E-state index contributed by atoms with van der Waals surface area (Å²) >= 11 is 0. The van der Waals surface area contributed by atoms with Crippen molar-refractivity contribution in [3.8, 4) is 0 Å². The Bertz CT molecular complexity index is 360. The van der Waals surface area contributed by atoms with E-state index in [1.807, 2.05) is 0 Å². The fourth-order valence-corrected chi connectivity index (χ4v) is 1.48. The second-order valence-electron chi connectivity index (χ2n) is 5.82. The third-order valence-electron chi connectivity index (χ3n) is 2.71. The maximum atomic E-state index is 11.6. The molecule has 0 aliphatic heterocycles. The second-order valence-corrected chi connectivity index (χ2v) is 5.82. The molecular weight excluding hydrogens is 210 g/mol. The van der Waals surface area contributed by atoms with E-state index in [-0.39, 0.29) is 11.3 Å². The van der Waals surface area contributed by atoms with Gasteiger partial charge in [-0.05, 0) is 24.3 Å². The SMILES string of the molecule is Cc1ccc(CNC(=O)CCC(C)(C)C)cc1. The van der Waals surface area contributed by atoms with Crippen molar-refractivity contribution in [2.75, 3.05) is 0 Å². The highest BCUT2D eigenvalue weighted by atomic mass is 16.1. The molecule has 0 fully saturated rings. The minimum Gasteiger partial charge on any atom is -0.352 e. The van der Waals surface area contributed by atoms with E-state index >= 15 is 0 Å². The van der Waals surface area contributed by atoms with E-state index in [0.717, 1.165) is 12.0 Å². The van der Waals surface area contributed by atoms with E-state index < -0.39 is 0 Å². The highest BCUT2D eigenvalue weighted by Crippen LogP contribution is 2.20. The van der Waals surface area contributed by atoms with E-state index in [9.17, 15) is 4.79 Å². The van der Waals surface area contributed by atoms with Crippen LogP contribution >= 0.6 is 0 Å². The molecule has 17 heavy (non-hydrogen) atoms. The van der Waals surface area contributed by atoms with Gasteiger partial charge in [-0.25, -0.2) is 0 Å². The van der Waals surface area contributed by atoms with Crippen LogP contribution in [-0.2, 0) is 11.3 Å². The van der Waals surface area contributed by atoms with Crippen LogP contribution in [0, 0.1) is 12.3 Å². The summed E-state index contributed by atoms with van der Waals surface area (Å²) in [6.07, 6.45) is 1.53. The number of carbonyl (C=O) groups excluding carboxylic acids is 1. The Kier molecular flexibility index (Phi) is 4.73. The molecule has 0 atom stereocenters. The summed E-state index contributed by atoms with van der Waals surface area (Å²) in [5.41, 5.74) is 2.62. The van der Waals surface area contributed by atoms with Gasteiger partial charge in [0.2, 0.25) is 5.91 Å². The van der Waals surface area contributed by atoms with E-state index in [2.05, 4.69) is 57.3 Å². The molecule has 1 aromatic rings. The van der Waals surface area contributed by atoms with Crippen LogP contribution < -0.4 is 5.32 Å². The highest BCUT2D eigenvalue weighted by Gasteiger charge is 2.12. The van der Waals surface area contributed by atoms with Crippen molar-refractivity contribution >= 4 is 5.91 Å². The molecule has 0 saturated carbocycles. The number of aryl methyl sites for hydroxylation is 1. The van der Waals surface area contributed by atoms with Gasteiger partial charge in [-0.3, -0.25) is 4.79 Å². The fraction of sp³-hybridized carbons (Fsp3) is 0.533. The summed E-state index contributed by atoms with van der Waals surface area (Å²) in [4.78, 5) is 11.6. The Morgan fingerprint density at radius 3 is 2.29 bits per heavy atom. The fourth-order valence-electron chi connectivity index (χ4n) is 1.48. The number of amides is 1. The first-order valence-corrected chi connectivity index (χ1v) is 6.19. The molecule has 2 nitrogen and oxygen atoms in total. The van der Waals surface area contributed by atoms with Gasteiger partial charge in [-0.2, -0.15) is 0 Å². The summed E-state index contributed by atoms with van der Waals surface area (Å²) in [6.45, 7) is 9.15. The average Bonchev–Trinajstić information content (AvgIpc) is 2.25. The van der Waals surface area contributed by atoms with Gasteiger partial charge in [0.1, 0.15) is 0 Å². The van der Waals surface area contributed by atoms with Crippen molar-refractivity contribution in [2.45, 2.75) is 47.1 Å². The van der Waals surface area contributed by atoms with Crippen LogP contribution in [0.25, 0.3) is 0 Å². The van der Waals surface area contributed by atoms with Crippen LogP contribution in [0.15, 0.2) is 24.3 Å². The number of benzene rings is 1. The van der Waals surface area contributed by atoms with Crippen LogP contribution in [0.4, 0.5) is 0 Å². The molecule has 94 valence electrons. The molecule has 0 aromatic heterocycles. The molecule has 1 N–H and O–H groups in total. The maximum absolute atomic E-state index is 11.6. The van der Waals surface area contributed by atoms with Crippen molar-refractivity contribution in [3.63, 3.8) is 0 Å². The number of hydrogen-bond donors (Lipinski definition) is 1. The predicted molar refractivity (Wildman–Crippen MR) is 71.7 cm³/mol. The Labute approximate surface area is 104 Å². The van der Waals surface area contributed by atoms with Crippen molar-refractivity contribution in [1.29, 1.82) is 0 Å². The lowest BCUT2D eigenvalue weighted by Crippen LogP contribution is -2.24. The lowest BCUT2D eigenvalue weighted by Gasteiger charge is -2.17. The van der Waals surface area contributed by atoms with Crippen molar-refractivity contribution in [3.05, 3.63) is 35.4 Å². The molecular formula is C15H23NO. The number of nitrogens with one attached hydrogen (secondary N) is 1. The molecule has 2 heteroatoms. The molecule has 1 aromatic carbocycles. The molecule has 0 radical (unpaired) electrons. The van der Waals surface area contributed by atoms with Gasteiger partial charge in [0.25, 0.3) is 0 Å². The zero-order valence-corrected chi connectivity index (χ0v) is 11.3. The van der Waals surface area contributed by atoms with Gasteiger partial charge in [-0.1, -0.05) is 50.6 Å². The zero-order valence-electron chi connectivity index (χ0n) is 11.3. The van der Waals surface area contributed by atoms with E-state index in [1.54, 1.807) is 0 Å². The largest absolute Gasteiger partial charge is 0.352 e. The standard InChI is InChI=1S/C15H23NO/c1-12-5-7-13(8-6-12)11-16-14(17)9-10-15(2,3)4/h5-8H,9-11H2,1-4H3,(H,16,17). The average molecular weight is 233 g/mol. The normalized spacial score (nSPS) is 11.3. The van der Waals surface area contributed by atoms with Crippen LogP contribution in [0.2, 0.25) is 0 Å². The van der Waals surface area contributed by atoms with E-state index in [1.165, 1.54) is 5.56 Å². The van der Waals surface area contributed by atoms with Gasteiger partial charge >= 0.3 is 0 Å². The van der Waals surface area contributed by atoms with Gasteiger partial charge in [0.05, 0.1) is 0 Å². The Hall–Kier alpha value is -1.31. The molecule has 0 bridgehead atoms. The van der Waals surface area contributed by atoms with Gasteiger partial charge in [0.15, 0.2) is 0 Å². The highest BCUT2D eigenvalue weighted by molar-refractivity contribution is 5.75. The quantitative estimate of drug-likeness (QED) is 0.848. The number of carbonyl (C=O) groups is 1. The maximum Gasteiger partial charge on any atom is 0.220 e. The third kappa shape index (κ3) is 6.10. The minimum atomic E-state index is 0.139. The topological polar surface area (TPSA) is 29.1 Å². The molecule has 0 aliphatic carbocycles. The summed E-state index contributed by atoms with van der Waals surface area (Å²) in [5, 5.41) is 2.95. The number of rotatable bonds is 4. The van der Waals surface area contributed by atoms with E-state index in [0.29, 0.717) is 13.0 Å². The van der Waals surface area contributed by atoms with Crippen LogP contribution in [0.1, 0.15) is 44.7 Å². The van der Waals surface area contributed by atoms with Crippen molar-refractivity contribution < 1.29 is 4.79 Å². The minimum absolute atomic E-state index is 0.139. The lowest BCUT2D eigenvalue weighted by molar-refractivity contribution is -0.121. The Morgan fingerprint density at radius 2 is 1.76 bits per heavy atom. The Balaban J connectivity index is 2.31. The van der Waals surface area contributed by atoms with Gasteiger partial charge in [-0.15, -0.1) is 0 Å². The summed E-state index contributed by atoms with van der Waals surface area (Å²) in [7, 11) is 0. The first kappa shape index (κ1) is 13.8. The summed E-state index contributed by atoms with van der Waals surface area (Å²) in [6, 6.07) is 8.24. The molecule has 1 rings (SSSR count). The first-order valence-electron chi connectivity index (χ1n) is 6.19. The van der Waals surface area contributed by atoms with Crippen LogP contribution in [0.3, 0.4) is 0 Å². The van der Waals surface area contributed by atoms with Crippen molar-refractivity contribution in [2.24, 2.45) is 5.41 Å². The third-order valence-corrected chi connectivity index (χ3v) is 2.71. The van der Waals surface area contributed by atoms with Crippen molar-refractivity contribution in [1.82, 2.24) is 5.32 Å². The lowest BCUT2D eigenvalue weighted by atomic mass is 9.90. The van der Waals surface area contributed by atoms with Gasteiger partial charge < -0.3 is 5.32 Å². The molecule has 0 heterocycles. The first-order chi connectivity index (χ1) is 7.87. The van der Waals surface area contributed by atoms with Crippen LogP contribution in [-0.4, -0.2) is 5.91 Å². The number of hydrogen-bond acceptors (Lipinski definition) is 1. The molecule has 0 saturated heterocycles. The summed E-state index contributed by atoms with van der Waals surface area (Å²) < 4.78 is 0. The zero-order chi connectivity index (χ0) is 12.9. The van der Waals surface area contributed by atoms with Crippen LogP contribution in [0.5, 0.6) is 0 Å². The molecule has 0 spiro atoms. The van der Waals surface area contributed by atoms with E-state index in [4.69, 9.17) is 0 Å².